The minimum Gasteiger partial charge on any atom is -0.397 e. The number of primary amides is 1. The minimum atomic E-state index is -0.781. The Morgan fingerprint density at radius 1 is 1.42 bits per heavy atom. The van der Waals surface area contributed by atoms with E-state index in [1.165, 1.54) is 0 Å². The van der Waals surface area contributed by atoms with Crippen molar-refractivity contribution in [2.24, 2.45) is 11.1 Å². The number of hydrogen-bond donors (Lipinski definition) is 3. The van der Waals surface area contributed by atoms with E-state index in [9.17, 15) is 9.59 Å². The Morgan fingerprint density at radius 2 is 2.00 bits per heavy atom. The van der Waals surface area contributed by atoms with Crippen LogP contribution in [0.25, 0.3) is 0 Å². The number of carbonyl (C=O) groups is 2. The molecule has 0 radical (unpaired) electrons. The molecule has 0 aliphatic carbocycles. The summed E-state index contributed by atoms with van der Waals surface area (Å²) in [6, 6.07) is 1.74. The molecule has 6 heteroatoms. The number of amides is 2. The summed E-state index contributed by atoms with van der Waals surface area (Å²) in [6.07, 6.45) is 1.72. The van der Waals surface area contributed by atoms with E-state index in [-0.39, 0.29) is 18.5 Å². The molecular weight excluding hydrogens is 244 g/mol. The lowest BCUT2D eigenvalue weighted by Crippen LogP contribution is -2.42. The maximum atomic E-state index is 12.1. The maximum absolute atomic E-state index is 12.1. The fraction of sp³-hybridized carbons (Fsp3) is 0.538. The average Bonchev–Trinajstić information content (AvgIpc) is 2.68. The first-order valence-corrected chi connectivity index (χ1v) is 6.20. The lowest BCUT2D eigenvalue weighted by molar-refractivity contribution is -0.125. The van der Waals surface area contributed by atoms with E-state index >= 15 is 0 Å². The summed E-state index contributed by atoms with van der Waals surface area (Å²) in [4.78, 5) is 23.3. The quantitative estimate of drug-likeness (QED) is 0.737. The van der Waals surface area contributed by atoms with Crippen LogP contribution >= 0.6 is 0 Å². The van der Waals surface area contributed by atoms with Gasteiger partial charge in [-0.3, -0.25) is 9.59 Å². The lowest BCUT2D eigenvalue weighted by atomic mass is 9.93. The number of nitrogen functional groups attached to an aromatic ring is 1. The van der Waals surface area contributed by atoms with Crippen molar-refractivity contribution in [3.05, 3.63) is 18.0 Å². The molecule has 0 aliphatic heterocycles. The number of nitrogens with two attached hydrogens (primary N) is 2. The van der Waals surface area contributed by atoms with Gasteiger partial charge in [-0.15, -0.1) is 0 Å². The molecule has 0 unspecified atom stereocenters. The van der Waals surface area contributed by atoms with Crippen molar-refractivity contribution in [2.75, 3.05) is 12.3 Å². The summed E-state index contributed by atoms with van der Waals surface area (Å²) in [5, 5.41) is 2.71. The smallest absolute Gasteiger partial charge is 0.268 e. The van der Waals surface area contributed by atoms with Gasteiger partial charge in [0.25, 0.3) is 5.91 Å². The number of aromatic nitrogens is 1. The van der Waals surface area contributed by atoms with Crippen LogP contribution in [0.2, 0.25) is 0 Å². The van der Waals surface area contributed by atoms with E-state index in [2.05, 4.69) is 5.32 Å². The van der Waals surface area contributed by atoms with Gasteiger partial charge in [0.05, 0.1) is 11.1 Å². The molecule has 1 rings (SSSR count). The fourth-order valence-corrected chi connectivity index (χ4v) is 1.59. The van der Waals surface area contributed by atoms with Gasteiger partial charge < -0.3 is 21.4 Å². The van der Waals surface area contributed by atoms with Crippen LogP contribution in [-0.2, 0) is 4.79 Å². The van der Waals surface area contributed by atoms with Crippen molar-refractivity contribution in [1.82, 2.24) is 9.88 Å². The van der Waals surface area contributed by atoms with Crippen LogP contribution in [0.1, 0.15) is 44.2 Å². The molecule has 0 saturated heterocycles. The van der Waals surface area contributed by atoms with Crippen LogP contribution in [0.15, 0.2) is 12.3 Å². The predicted octanol–water partition coefficient (Wildman–Crippen LogP) is 0.893. The number of carbonyl (C=O) groups excluding carboxylic acids is 2. The molecule has 0 saturated carbocycles. The second kappa shape index (κ2) is 5.34. The highest BCUT2D eigenvalue weighted by atomic mass is 16.2. The number of rotatable bonds is 5. The first-order chi connectivity index (χ1) is 8.65. The molecule has 1 aromatic heterocycles. The summed E-state index contributed by atoms with van der Waals surface area (Å²) in [5.74, 6) is -0.716. The van der Waals surface area contributed by atoms with Gasteiger partial charge in [0.2, 0.25) is 5.91 Å². The molecule has 2 amide bonds. The summed E-state index contributed by atoms with van der Waals surface area (Å²) >= 11 is 0. The van der Waals surface area contributed by atoms with E-state index in [0.29, 0.717) is 11.4 Å². The second-order valence-corrected chi connectivity index (χ2v) is 5.59. The molecule has 106 valence electrons. The number of anilines is 1. The highest BCUT2D eigenvalue weighted by Crippen LogP contribution is 2.17. The summed E-state index contributed by atoms with van der Waals surface area (Å²) in [6.45, 7) is 7.48. The molecular formula is C13H22N4O2. The summed E-state index contributed by atoms with van der Waals surface area (Å²) in [5.41, 5.74) is 11.2. The third-order valence-corrected chi connectivity index (χ3v) is 3.02. The highest BCUT2D eigenvalue weighted by molar-refractivity contribution is 5.94. The Morgan fingerprint density at radius 3 is 2.47 bits per heavy atom. The minimum absolute atomic E-state index is 0.127. The Bertz CT molecular complexity index is 489. The van der Waals surface area contributed by atoms with E-state index in [1.54, 1.807) is 30.7 Å². The van der Waals surface area contributed by atoms with Crippen LogP contribution in [0.5, 0.6) is 0 Å². The fourth-order valence-electron chi connectivity index (χ4n) is 1.59. The largest absolute Gasteiger partial charge is 0.397 e. The van der Waals surface area contributed by atoms with Gasteiger partial charge in [-0.25, -0.2) is 0 Å². The van der Waals surface area contributed by atoms with Gasteiger partial charge in [0.1, 0.15) is 5.69 Å². The number of nitrogens with one attached hydrogen (secondary N) is 1. The van der Waals surface area contributed by atoms with Gasteiger partial charge in [-0.1, -0.05) is 0 Å². The molecule has 0 bridgehead atoms. The predicted molar refractivity (Wildman–Crippen MR) is 74.5 cm³/mol. The third kappa shape index (κ3) is 3.49. The van der Waals surface area contributed by atoms with Crippen molar-refractivity contribution in [2.45, 2.75) is 33.7 Å². The Hall–Kier alpha value is -1.98. The van der Waals surface area contributed by atoms with Crippen LogP contribution in [0.4, 0.5) is 5.69 Å². The molecule has 0 aliphatic rings. The molecule has 6 nitrogen and oxygen atoms in total. The molecule has 0 aromatic carbocycles. The van der Waals surface area contributed by atoms with Crippen LogP contribution in [0.3, 0.4) is 0 Å². The standard InChI is InChI=1S/C13H22N4O2/c1-8(2)17-6-9(14)5-10(17)11(18)16-7-13(3,4)12(15)19/h5-6,8H,7,14H2,1-4H3,(H2,15,19)(H,16,18). The Balaban J connectivity index is 2.82. The van der Waals surface area contributed by atoms with Crippen molar-refractivity contribution in [1.29, 1.82) is 0 Å². The SMILES string of the molecule is CC(C)n1cc(N)cc1C(=O)NCC(C)(C)C(N)=O. The van der Waals surface area contributed by atoms with E-state index in [0.717, 1.165) is 0 Å². The van der Waals surface area contributed by atoms with Crippen molar-refractivity contribution in [3.8, 4) is 0 Å². The molecule has 0 atom stereocenters. The molecule has 0 spiro atoms. The van der Waals surface area contributed by atoms with E-state index < -0.39 is 11.3 Å². The Labute approximate surface area is 113 Å². The molecule has 1 aromatic rings. The van der Waals surface area contributed by atoms with Gasteiger partial charge in [0, 0.05) is 18.8 Å². The average molecular weight is 266 g/mol. The Kier molecular flexibility index (Phi) is 4.24. The normalized spacial score (nSPS) is 11.6. The highest BCUT2D eigenvalue weighted by Gasteiger charge is 2.26. The molecule has 5 N–H and O–H groups in total. The first-order valence-electron chi connectivity index (χ1n) is 6.20. The summed E-state index contributed by atoms with van der Waals surface area (Å²) in [7, 11) is 0. The van der Waals surface area contributed by atoms with Gasteiger partial charge in [0.15, 0.2) is 0 Å². The second-order valence-electron chi connectivity index (χ2n) is 5.59. The zero-order valence-corrected chi connectivity index (χ0v) is 11.9. The monoisotopic (exact) mass is 266 g/mol. The third-order valence-electron chi connectivity index (χ3n) is 3.02. The van der Waals surface area contributed by atoms with Crippen LogP contribution in [-0.4, -0.2) is 22.9 Å². The van der Waals surface area contributed by atoms with Crippen molar-refractivity contribution >= 4 is 17.5 Å². The molecule has 0 fully saturated rings. The van der Waals surface area contributed by atoms with Crippen molar-refractivity contribution in [3.63, 3.8) is 0 Å². The van der Waals surface area contributed by atoms with Crippen LogP contribution in [0, 0.1) is 5.41 Å². The zero-order valence-electron chi connectivity index (χ0n) is 11.9. The zero-order chi connectivity index (χ0) is 14.8. The number of nitrogens with zero attached hydrogens (tertiary/aromatic N) is 1. The maximum Gasteiger partial charge on any atom is 0.268 e. The van der Waals surface area contributed by atoms with E-state index in [4.69, 9.17) is 11.5 Å². The van der Waals surface area contributed by atoms with E-state index in [1.807, 2.05) is 13.8 Å². The topological polar surface area (TPSA) is 103 Å². The number of hydrogen-bond acceptors (Lipinski definition) is 3. The van der Waals surface area contributed by atoms with Crippen LogP contribution < -0.4 is 16.8 Å². The van der Waals surface area contributed by atoms with Crippen molar-refractivity contribution < 1.29 is 9.59 Å². The van der Waals surface area contributed by atoms with Gasteiger partial charge in [-0.2, -0.15) is 0 Å². The van der Waals surface area contributed by atoms with Gasteiger partial charge >= 0.3 is 0 Å². The molecule has 1 heterocycles. The van der Waals surface area contributed by atoms with Gasteiger partial charge in [-0.05, 0) is 33.8 Å². The first kappa shape index (κ1) is 15.1. The summed E-state index contributed by atoms with van der Waals surface area (Å²) < 4.78 is 1.79. The molecule has 19 heavy (non-hydrogen) atoms. The lowest BCUT2D eigenvalue weighted by Gasteiger charge is -2.21.